The number of anilines is 1. The molecule has 1 aliphatic rings. The summed E-state index contributed by atoms with van der Waals surface area (Å²) in [5.41, 5.74) is 8.69. The molecule has 1 amide bonds. The van der Waals surface area contributed by atoms with Crippen molar-refractivity contribution in [3.8, 4) is 5.75 Å². The Kier molecular flexibility index (Phi) is 4.66. The number of rotatable bonds is 3. The summed E-state index contributed by atoms with van der Waals surface area (Å²) >= 11 is 0. The molecule has 1 aromatic heterocycles. The Labute approximate surface area is 141 Å². The molecular weight excluding hydrogens is 306 g/mol. The summed E-state index contributed by atoms with van der Waals surface area (Å²) in [5, 5.41) is 0. The summed E-state index contributed by atoms with van der Waals surface area (Å²) in [4.78, 5) is 19.1. The lowest BCUT2D eigenvalue weighted by atomic mass is 10.1. The smallest absolute Gasteiger partial charge is 0.257 e. The fourth-order valence-electron chi connectivity index (χ4n) is 2.89. The van der Waals surface area contributed by atoms with Gasteiger partial charge in [0.25, 0.3) is 5.91 Å². The molecule has 2 heterocycles. The third-order valence-electron chi connectivity index (χ3n) is 4.02. The van der Waals surface area contributed by atoms with Gasteiger partial charge in [0.2, 0.25) is 0 Å². The number of nitrogens with two attached hydrogens (primary N) is 1. The average Bonchev–Trinajstić information content (AvgIpc) is 2.60. The number of carbonyl (C=O) groups is 1. The van der Waals surface area contributed by atoms with E-state index in [2.05, 4.69) is 4.98 Å². The molecule has 1 aromatic carbocycles. The normalized spacial score (nSPS) is 17.6. The number of morpholine rings is 1. The molecule has 0 spiro atoms. The Bertz CT molecular complexity index is 728. The number of pyridine rings is 1. The van der Waals surface area contributed by atoms with E-state index in [0.717, 1.165) is 11.4 Å². The van der Waals surface area contributed by atoms with Crippen molar-refractivity contribution in [1.29, 1.82) is 0 Å². The van der Waals surface area contributed by atoms with E-state index in [-0.39, 0.29) is 12.0 Å². The number of benzene rings is 1. The van der Waals surface area contributed by atoms with Crippen LogP contribution in [0.3, 0.4) is 0 Å². The maximum absolute atomic E-state index is 12.8. The zero-order valence-electron chi connectivity index (χ0n) is 13.9. The van der Waals surface area contributed by atoms with Crippen molar-refractivity contribution in [1.82, 2.24) is 9.88 Å². The van der Waals surface area contributed by atoms with Crippen molar-refractivity contribution in [2.24, 2.45) is 0 Å². The predicted octanol–water partition coefficient (Wildman–Crippen LogP) is 2.19. The van der Waals surface area contributed by atoms with Crippen LogP contribution in [0.2, 0.25) is 0 Å². The monoisotopic (exact) mass is 327 g/mol. The lowest BCUT2D eigenvalue weighted by molar-refractivity contribution is -0.0248. The van der Waals surface area contributed by atoms with Crippen LogP contribution >= 0.6 is 0 Å². The second kappa shape index (κ2) is 6.88. The molecule has 126 valence electrons. The Morgan fingerprint density at radius 2 is 2.17 bits per heavy atom. The molecule has 6 nitrogen and oxygen atoms in total. The molecule has 0 radical (unpaired) electrons. The number of hydrogen-bond acceptors (Lipinski definition) is 5. The maximum Gasteiger partial charge on any atom is 0.257 e. The second-order valence-corrected chi connectivity index (χ2v) is 5.78. The minimum atomic E-state index is -0.278. The van der Waals surface area contributed by atoms with Crippen LogP contribution in [-0.2, 0) is 4.74 Å². The molecule has 2 N–H and O–H groups in total. The van der Waals surface area contributed by atoms with Crippen molar-refractivity contribution >= 4 is 11.6 Å². The topological polar surface area (TPSA) is 77.7 Å². The van der Waals surface area contributed by atoms with Crippen molar-refractivity contribution in [2.75, 3.05) is 32.5 Å². The zero-order chi connectivity index (χ0) is 17.1. The third-order valence-corrected chi connectivity index (χ3v) is 4.02. The molecule has 24 heavy (non-hydrogen) atoms. The highest BCUT2D eigenvalue weighted by atomic mass is 16.5. The maximum atomic E-state index is 12.8. The first kappa shape index (κ1) is 16.3. The van der Waals surface area contributed by atoms with E-state index < -0.39 is 0 Å². The van der Waals surface area contributed by atoms with Gasteiger partial charge in [0.05, 0.1) is 31.5 Å². The summed E-state index contributed by atoms with van der Waals surface area (Å²) in [6.07, 6.45) is -0.278. The van der Waals surface area contributed by atoms with Gasteiger partial charge in [-0.3, -0.25) is 9.78 Å². The van der Waals surface area contributed by atoms with Crippen LogP contribution in [0.4, 0.5) is 5.69 Å². The number of para-hydroxylation sites is 1. The Morgan fingerprint density at radius 1 is 1.38 bits per heavy atom. The fourth-order valence-corrected chi connectivity index (χ4v) is 2.89. The van der Waals surface area contributed by atoms with Crippen LogP contribution in [0, 0.1) is 6.92 Å². The van der Waals surface area contributed by atoms with E-state index >= 15 is 0 Å². The molecule has 3 rings (SSSR count). The first-order chi connectivity index (χ1) is 11.6. The number of nitrogen functional groups attached to an aromatic ring is 1. The molecule has 0 bridgehead atoms. The number of carbonyl (C=O) groups excluding carboxylic acids is 1. The number of nitrogens with zero attached hydrogens (tertiary/aromatic N) is 2. The molecule has 1 aliphatic heterocycles. The largest absolute Gasteiger partial charge is 0.496 e. The number of amides is 1. The van der Waals surface area contributed by atoms with Gasteiger partial charge in [-0.05, 0) is 31.2 Å². The third kappa shape index (κ3) is 3.33. The molecular formula is C18H21N3O3. The van der Waals surface area contributed by atoms with Crippen LogP contribution in [0.15, 0.2) is 36.4 Å². The van der Waals surface area contributed by atoms with Gasteiger partial charge in [-0.2, -0.15) is 0 Å². The van der Waals surface area contributed by atoms with Crippen molar-refractivity contribution in [3.63, 3.8) is 0 Å². The molecule has 1 saturated heterocycles. The van der Waals surface area contributed by atoms with Gasteiger partial charge in [-0.1, -0.05) is 12.1 Å². The minimum absolute atomic E-state index is 0.0682. The lowest BCUT2D eigenvalue weighted by Crippen LogP contribution is -2.42. The Balaban J connectivity index is 1.81. The molecule has 1 fully saturated rings. The quantitative estimate of drug-likeness (QED) is 0.935. The minimum Gasteiger partial charge on any atom is -0.496 e. The molecule has 6 heteroatoms. The van der Waals surface area contributed by atoms with Gasteiger partial charge in [0.15, 0.2) is 0 Å². The highest BCUT2D eigenvalue weighted by Crippen LogP contribution is 2.26. The van der Waals surface area contributed by atoms with Crippen LogP contribution in [0.1, 0.15) is 27.8 Å². The number of aromatic nitrogens is 1. The van der Waals surface area contributed by atoms with Crippen LogP contribution < -0.4 is 10.5 Å². The van der Waals surface area contributed by atoms with Gasteiger partial charge in [0.1, 0.15) is 11.9 Å². The van der Waals surface area contributed by atoms with Crippen molar-refractivity contribution < 1.29 is 14.3 Å². The van der Waals surface area contributed by atoms with Crippen molar-refractivity contribution in [2.45, 2.75) is 13.0 Å². The van der Waals surface area contributed by atoms with E-state index in [4.69, 9.17) is 15.2 Å². The predicted molar refractivity (Wildman–Crippen MR) is 91.0 cm³/mol. The summed E-state index contributed by atoms with van der Waals surface area (Å²) in [6, 6.07) is 10.8. The lowest BCUT2D eigenvalue weighted by Gasteiger charge is -2.33. The molecule has 1 atom stereocenters. The van der Waals surface area contributed by atoms with E-state index in [0.29, 0.717) is 36.7 Å². The number of ether oxygens (including phenoxy) is 2. The highest BCUT2D eigenvalue weighted by molar-refractivity contribution is 5.97. The van der Waals surface area contributed by atoms with Crippen LogP contribution in [0.5, 0.6) is 5.75 Å². The molecule has 0 saturated carbocycles. The average molecular weight is 327 g/mol. The van der Waals surface area contributed by atoms with Gasteiger partial charge in [-0.25, -0.2) is 0 Å². The van der Waals surface area contributed by atoms with E-state index in [1.54, 1.807) is 30.2 Å². The van der Waals surface area contributed by atoms with Gasteiger partial charge in [0, 0.05) is 17.9 Å². The Morgan fingerprint density at radius 3 is 2.92 bits per heavy atom. The number of hydrogen-bond donors (Lipinski definition) is 1. The van der Waals surface area contributed by atoms with E-state index in [1.165, 1.54) is 0 Å². The van der Waals surface area contributed by atoms with Crippen LogP contribution in [-0.4, -0.2) is 42.6 Å². The van der Waals surface area contributed by atoms with Crippen LogP contribution in [0.25, 0.3) is 0 Å². The molecule has 0 unspecified atom stereocenters. The van der Waals surface area contributed by atoms with E-state index in [1.807, 2.05) is 25.1 Å². The SMILES string of the molecule is COc1ccccc1C(=O)N1CCO[C@H](c2cc(N)cc(C)n2)C1. The Hall–Kier alpha value is -2.60. The standard InChI is InChI=1S/C18H21N3O3/c1-12-9-13(19)10-15(20-12)17-11-21(7-8-24-17)18(22)14-5-3-4-6-16(14)23-2/h3-6,9-10,17H,7-8,11H2,1-2H3,(H2,19,20)/t17-/m0/s1. The zero-order valence-corrected chi connectivity index (χ0v) is 13.9. The first-order valence-electron chi connectivity index (χ1n) is 7.86. The van der Waals surface area contributed by atoms with Gasteiger partial charge in [-0.15, -0.1) is 0 Å². The highest BCUT2D eigenvalue weighted by Gasteiger charge is 2.28. The van der Waals surface area contributed by atoms with Crippen molar-refractivity contribution in [3.05, 3.63) is 53.3 Å². The summed E-state index contributed by atoms with van der Waals surface area (Å²) < 4.78 is 11.1. The number of aryl methyl sites for hydroxylation is 1. The number of methoxy groups -OCH3 is 1. The van der Waals surface area contributed by atoms with E-state index in [9.17, 15) is 4.79 Å². The fraction of sp³-hybridized carbons (Fsp3) is 0.333. The molecule has 2 aromatic rings. The van der Waals surface area contributed by atoms with Gasteiger partial charge >= 0.3 is 0 Å². The summed E-state index contributed by atoms with van der Waals surface area (Å²) in [6.45, 7) is 3.32. The van der Waals surface area contributed by atoms with Gasteiger partial charge < -0.3 is 20.1 Å². The second-order valence-electron chi connectivity index (χ2n) is 5.78. The summed E-state index contributed by atoms with van der Waals surface area (Å²) in [5.74, 6) is 0.504. The first-order valence-corrected chi connectivity index (χ1v) is 7.86. The molecule has 0 aliphatic carbocycles. The summed E-state index contributed by atoms with van der Waals surface area (Å²) in [7, 11) is 1.56.